The molecule has 16 atom stereocenters. The van der Waals surface area contributed by atoms with Crippen LogP contribution in [-0.2, 0) is 56.2 Å². The molecule has 8 fully saturated rings. The number of hydrogen-bond donors (Lipinski definition) is 1. The first-order chi connectivity index (χ1) is 38.6. The highest BCUT2D eigenvalue weighted by atomic mass is 35.5. The van der Waals surface area contributed by atoms with Crippen LogP contribution in [0.15, 0.2) is 61.2 Å². The van der Waals surface area contributed by atoms with E-state index in [2.05, 4.69) is 51.5 Å². The van der Waals surface area contributed by atoms with Crippen molar-refractivity contribution in [3.8, 4) is 0 Å². The molecule has 0 spiro atoms. The summed E-state index contributed by atoms with van der Waals surface area (Å²) in [5.74, 6) is 2.75. The van der Waals surface area contributed by atoms with Crippen LogP contribution in [0.5, 0.6) is 0 Å². The number of Topliss-reactive ketones (excluding diaryl/α,β-unsaturated/α-hetero) is 6. The van der Waals surface area contributed by atoms with Crippen LogP contribution < -0.4 is 0 Å². The summed E-state index contributed by atoms with van der Waals surface area (Å²) in [6, 6.07) is 15.8. The van der Waals surface area contributed by atoms with Gasteiger partial charge in [-0.15, -0.1) is 0 Å². The molecule has 0 radical (unpaired) electrons. The second-order valence-corrected chi connectivity index (χ2v) is 27.5. The molecule has 0 bridgehead atoms. The maximum atomic E-state index is 14.0. The van der Waals surface area contributed by atoms with Crippen molar-refractivity contribution in [2.75, 3.05) is 13.2 Å². The van der Waals surface area contributed by atoms with Crippen molar-refractivity contribution >= 4 is 79.6 Å². The average molecular weight is 1130 g/mol. The summed E-state index contributed by atoms with van der Waals surface area (Å²) >= 11 is 5.56. The first-order valence-electron chi connectivity index (χ1n) is 30.5. The minimum absolute atomic E-state index is 0.0426. The Bertz CT molecular complexity index is 3090. The monoisotopic (exact) mass is 1130 g/mol. The number of aliphatic hydroxyl groups excluding tert-OH is 1. The molecule has 81 heavy (non-hydrogen) atoms. The highest BCUT2D eigenvalue weighted by Gasteiger charge is 2.68. The first-order valence-corrected chi connectivity index (χ1v) is 30.9. The number of fused-ring (bicyclic) bond motifs is 12. The highest BCUT2D eigenvalue weighted by Crippen LogP contribution is 2.68. The summed E-state index contributed by atoms with van der Waals surface area (Å²) in [6.45, 7) is 14.6. The number of esters is 1. The fourth-order valence-electron chi connectivity index (χ4n) is 18.7. The molecule has 8 aliphatic carbocycles. The van der Waals surface area contributed by atoms with E-state index in [-0.39, 0.29) is 117 Å². The minimum atomic E-state index is -0.518. The third kappa shape index (κ3) is 10.8. The Balaban J connectivity index is 0.000000156. The van der Waals surface area contributed by atoms with Crippen LogP contribution in [0.3, 0.4) is 0 Å². The lowest BCUT2D eigenvalue weighted by Gasteiger charge is -2.58. The van der Waals surface area contributed by atoms with Gasteiger partial charge < -0.3 is 19.0 Å². The zero-order valence-corrected chi connectivity index (χ0v) is 49.3. The van der Waals surface area contributed by atoms with Crippen LogP contribution in [0.1, 0.15) is 157 Å². The first kappa shape index (κ1) is 59.0. The van der Waals surface area contributed by atoms with Crippen molar-refractivity contribution in [3.63, 3.8) is 0 Å². The van der Waals surface area contributed by atoms with Crippen LogP contribution in [-0.4, -0.2) is 83.3 Å². The molecule has 8 aliphatic rings. The summed E-state index contributed by atoms with van der Waals surface area (Å²) in [4.78, 5) is 111. The number of rotatable bonds is 13. The van der Waals surface area contributed by atoms with E-state index in [4.69, 9.17) is 21.4 Å². The summed E-state index contributed by atoms with van der Waals surface area (Å²) in [5, 5.41) is 8.43. The lowest BCUT2D eigenvalue weighted by Crippen LogP contribution is -2.60. The Morgan fingerprint density at radius 2 is 1.06 bits per heavy atom. The topological polar surface area (TPSA) is 202 Å². The predicted octanol–water partition coefficient (Wildman–Crippen LogP) is 11.4. The van der Waals surface area contributed by atoms with E-state index in [1.807, 2.05) is 57.7 Å². The van der Waals surface area contributed by atoms with Gasteiger partial charge in [-0.2, -0.15) is 0 Å². The van der Waals surface area contributed by atoms with E-state index >= 15 is 0 Å². The van der Waals surface area contributed by atoms with Gasteiger partial charge in [0.05, 0.1) is 47.9 Å². The summed E-state index contributed by atoms with van der Waals surface area (Å²) in [7, 11) is 0. The van der Waals surface area contributed by atoms with Crippen molar-refractivity contribution in [2.24, 2.45) is 92.7 Å². The number of nitrogens with zero attached hydrogens (tertiary/aromatic N) is 4. The quantitative estimate of drug-likeness (QED) is 0.0982. The van der Waals surface area contributed by atoms with Gasteiger partial charge in [-0.1, -0.05) is 65.8 Å². The highest BCUT2D eigenvalue weighted by molar-refractivity contribution is 6.63. The third-order valence-electron chi connectivity index (χ3n) is 23.4. The summed E-state index contributed by atoms with van der Waals surface area (Å²) in [6.07, 6.45) is 15.0. The Morgan fingerprint density at radius 1 is 0.617 bits per heavy atom. The van der Waals surface area contributed by atoms with Crippen molar-refractivity contribution in [1.29, 1.82) is 0 Å². The molecule has 2 aromatic heterocycles. The number of ether oxygens (including phenoxy) is 1. The number of imidazole rings is 2. The van der Waals surface area contributed by atoms with Crippen LogP contribution in [0.4, 0.5) is 0 Å². The van der Waals surface area contributed by atoms with Crippen molar-refractivity contribution in [1.82, 2.24) is 19.1 Å². The number of benzene rings is 2. The molecule has 0 aliphatic heterocycles. The van der Waals surface area contributed by atoms with Gasteiger partial charge >= 0.3 is 5.97 Å². The van der Waals surface area contributed by atoms with Crippen molar-refractivity contribution in [3.05, 3.63) is 61.2 Å². The Morgan fingerprint density at radius 3 is 1.52 bits per heavy atom. The number of aliphatic hydroxyl groups is 1. The van der Waals surface area contributed by atoms with Crippen molar-refractivity contribution < 1.29 is 48.2 Å². The molecule has 16 unspecified atom stereocenters. The maximum absolute atomic E-state index is 14.0. The van der Waals surface area contributed by atoms with E-state index in [1.165, 1.54) is 0 Å². The zero-order chi connectivity index (χ0) is 57.8. The van der Waals surface area contributed by atoms with Crippen LogP contribution >= 0.6 is 11.6 Å². The number of halogens is 1. The molecule has 2 heterocycles. The lowest BCUT2D eigenvalue weighted by atomic mass is 9.44. The molecule has 8 saturated carbocycles. The Labute approximate surface area is 482 Å². The molecule has 0 saturated heterocycles. The van der Waals surface area contributed by atoms with Crippen molar-refractivity contribution in [2.45, 2.75) is 170 Å². The predicted molar refractivity (Wildman–Crippen MR) is 307 cm³/mol. The number of para-hydroxylation sites is 4. The van der Waals surface area contributed by atoms with E-state index in [0.29, 0.717) is 114 Å². The van der Waals surface area contributed by atoms with Crippen LogP contribution in [0.2, 0.25) is 0 Å². The zero-order valence-electron chi connectivity index (χ0n) is 48.5. The lowest BCUT2D eigenvalue weighted by molar-refractivity contribution is -0.168. The van der Waals surface area contributed by atoms with Gasteiger partial charge in [-0.05, 0) is 157 Å². The summed E-state index contributed by atoms with van der Waals surface area (Å²) in [5.41, 5.74) is 2.84. The normalized spacial score (nSPS) is 35.7. The van der Waals surface area contributed by atoms with E-state index in [9.17, 15) is 38.4 Å². The van der Waals surface area contributed by atoms with Gasteiger partial charge in [-0.25, -0.2) is 9.97 Å². The second kappa shape index (κ2) is 23.4. The molecular formula is C66H85ClN4O10. The molecule has 436 valence electrons. The molecule has 1 N–H and O–H groups in total. The SMILES string of the molecule is CC(CCC(=O)Cl)C1CCC2C3C(=O)CC4CC(=O)CCC4(C)C3CC(=O)C12C.CC(CCC(=O)OCCn1cnc2ccccc21)C1CCC2C3C(=O)CC4CC(=O)CCC4(C)C3CC(=O)C12C.OCCn1cnc2ccccc21. The number of hydrogen-bond acceptors (Lipinski definition) is 12. The van der Waals surface area contributed by atoms with E-state index in [1.54, 1.807) is 12.7 Å². The second-order valence-electron chi connectivity index (χ2n) is 27.1. The maximum Gasteiger partial charge on any atom is 0.305 e. The minimum Gasteiger partial charge on any atom is -0.464 e. The van der Waals surface area contributed by atoms with Gasteiger partial charge in [0.1, 0.15) is 41.3 Å². The smallest absolute Gasteiger partial charge is 0.305 e. The Hall–Kier alpha value is -5.21. The van der Waals surface area contributed by atoms with E-state index < -0.39 is 10.8 Å². The number of aromatic nitrogens is 4. The van der Waals surface area contributed by atoms with Gasteiger partial charge in [0.15, 0.2) is 0 Å². The van der Waals surface area contributed by atoms with Gasteiger partial charge in [0.25, 0.3) is 0 Å². The summed E-state index contributed by atoms with van der Waals surface area (Å²) < 4.78 is 9.49. The molecule has 0 amide bonds. The number of carbonyl (C=O) groups excluding carboxylic acids is 8. The van der Waals surface area contributed by atoms with Crippen LogP contribution in [0.25, 0.3) is 22.1 Å². The standard InChI is InChI=1S/C33H42N2O5.C24H33ClO4.C9H10N2O/c1-20(8-11-30(39)40-15-14-35-19-34-26-6-4-5-7-27(26)35)23-9-10-24-31-25(18-29(38)33(23,24)3)32(2)13-12-22(36)16-21(32)17-28(31)37;1-13(4-7-21(25)29)16-5-6-17-22-18(12-20(28)24(16,17)3)23(2)9-8-15(26)10-14(23)11-19(22)27;12-6-5-11-7-10-8-3-1-2-4-9(8)11/h4-7,19-21,23-25,31H,8-18H2,1-3H3;13-14,16-18,22H,4-12H2,1-3H3;1-4,7,12H,5-6H2. The molecule has 4 aromatic rings. The largest absolute Gasteiger partial charge is 0.464 e. The van der Waals surface area contributed by atoms with Gasteiger partial charge in [0, 0.05) is 93.4 Å². The average Bonchev–Trinajstić information content (AvgIpc) is 2.37. The van der Waals surface area contributed by atoms with E-state index in [0.717, 1.165) is 60.6 Å². The molecule has 12 rings (SSSR count). The van der Waals surface area contributed by atoms with Crippen LogP contribution in [0, 0.1) is 92.7 Å². The molecular weight excluding hydrogens is 1040 g/mol. The Kier molecular flexibility index (Phi) is 17.1. The fourth-order valence-corrected chi connectivity index (χ4v) is 18.8. The third-order valence-corrected chi connectivity index (χ3v) is 23.6. The number of carbonyl (C=O) groups is 8. The van der Waals surface area contributed by atoms with Gasteiger partial charge in [0.2, 0.25) is 5.24 Å². The van der Waals surface area contributed by atoms with Gasteiger partial charge in [-0.3, -0.25) is 38.4 Å². The molecule has 15 heteroatoms. The fraction of sp³-hybridized carbons (Fsp3) is 0.667. The number of ketones is 6. The molecule has 2 aromatic carbocycles. The molecule has 14 nitrogen and oxygen atoms in total.